The van der Waals surface area contributed by atoms with Crippen LogP contribution in [0.1, 0.15) is 0 Å². The molecule has 0 saturated carbocycles. The predicted molar refractivity (Wildman–Crippen MR) is 83.9 cm³/mol. The average Bonchev–Trinajstić information content (AvgIpc) is 2.50. The number of benzene rings is 2. The minimum atomic E-state index is -0.305. The lowest BCUT2D eigenvalue weighted by Gasteiger charge is -2.09. The van der Waals surface area contributed by atoms with Gasteiger partial charge in [0.2, 0.25) is 0 Å². The molecule has 2 aromatic carbocycles. The van der Waals surface area contributed by atoms with Crippen LogP contribution in [0.4, 0.5) is 15.9 Å². The van der Waals surface area contributed by atoms with E-state index in [2.05, 4.69) is 4.98 Å². The van der Waals surface area contributed by atoms with Gasteiger partial charge in [-0.1, -0.05) is 42.5 Å². The molecule has 0 spiro atoms. The zero-order valence-corrected chi connectivity index (χ0v) is 11.3. The molecule has 21 heavy (non-hydrogen) atoms. The molecule has 4 N–H and O–H groups in total. The molecule has 0 fully saturated rings. The van der Waals surface area contributed by atoms with Gasteiger partial charge in [-0.25, -0.2) is 9.37 Å². The molecule has 0 unspecified atom stereocenters. The predicted octanol–water partition coefficient (Wildman–Crippen LogP) is 3.72. The molecule has 4 heteroatoms. The maximum absolute atomic E-state index is 14.4. The first-order chi connectivity index (χ1) is 10.1. The Labute approximate surface area is 122 Å². The van der Waals surface area contributed by atoms with Gasteiger partial charge in [0.15, 0.2) is 0 Å². The molecule has 0 amide bonds. The minimum Gasteiger partial charge on any atom is -0.397 e. The molecule has 3 nitrogen and oxygen atoms in total. The standard InChI is InChI=1S/C17H14FN3/c18-16-8-12(15-9-13(19)10-21-17(15)20)6-7-14(16)11-4-2-1-3-5-11/h1-10H,19H2,(H2,20,21). The fourth-order valence-electron chi connectivity index (χ4n) is 2.26. The second-order valence-corrected chi connectivity index (χ2v) is 4.76. The summed E-state index contributed by atoms with van der Waals surface area (Å²) in [6, 6.07) is 16.1. The van der Waals surface area contributed by atoms with Crippen molar-refractivity contribution in [2.45, 2.75) is 0 Å². The number of halogens is 1. The van der Waals surface area contributed by atoms with Crippen LogP contribution in [0.2, 0.25) is 0 Å². The van der Waals surface area contributed by atoms with Gasteiger partial charge in [0.05, 0.1) is 11.9 Å². The molecule has 104 valence electrons. The molecule has 1 aromatic heterocycles. The lowest BCUT2D eigenvalue weighted by Crippen LogP contribution is -1.97. The maximum atomic E-state index is 14.4. The van der Waals surface area contributed by atoms with Crippen molar-refractivity contribution >= 4 is 11.5 Å². The highest BCUT2D eigenvalue weighted by atomic mass is 19.1. The van der Waals surface area contributed by atoms with Crippen molar-refractivity contribution in [3.63, 3.8) is 0 Å². The van der Waals surface area contributed by atoms with Gasteiger partial charge in [0, 0.05) is 11.1 Å². The van der Waals surface area contributed by atoms with Crippen molar-refractivity contribution in [1.82, 2.24) is 4.98 Å². The summed E-state index contributed by atoms with van der Waals surface area (Å²) in [5.74, 6) is 0.0246. The van der Waals surface area contributed by atoms with Crippen LogP contribution >= 0.6 is 0 Å². The second-order valence-electron chi connectivity index (χ2n) is 4.76. The Morgan fingerprint density at radius 3 is 2.29 bits per heavy atom. The molecule has 0 saturated heterocycles. The molecular weight excluding hydrogens is 265 g/mol. The van der Waals surface area contributed by atoms with Crippen molar-refractivity contribution in [2.24, 2.45) is 0 Å². The summed E-state index contributed by atoms with van der Waals surface area (Å²) in [6.45, 7) is 0. The van der Waals surface area contributed by atoms with Gasteiger partial charge in [-0.05, 0) is 23.3 Å². The van der Waals surface area contributed by atoms with Gasteiger partial charge in [0.1, 0.15) is 11.6 Å². The number of pyridine rings is 1. The SMILES string of the molecule is Nc1cnc(N)c(-c2ccc(-c3ccccc3)c(F)c2)c1. The third kappa shape index (κ3) is 2.56. The lowest BCUT2D eigenvalue weighted by molar-refractivity contribution is 0.632. The summed E-state index contributed by atoms with van der Waals surface area (Å²) in [5, 5.41) is 0. The Morgan fingerprint density at radius 1 is 0.810 bits per heavy atom. The number of hydrogen-bond acceptors (Lipinski definition) is 3. The number of nitrogen functional groups attached to an aromatic ring is 2. The first-order valence-electron chi connectivity index (χ1n) is 6.51. The Bertz CT molecular complexity index is 785. The third-order valence-electron chi connectivity index (χ3n) is 3.30. The van der Waals surface area contributed by atoms with Crippen LogP contribution in [0.25, 0.3) is 22.3 Å². The smallest absolute Gasteiger partial charge is 0.131 e. The van der Waals surface area contributed by atoms with Crippen molar-refractivity contribution in [2.75, 3.05) is 11.5 Å². The van der Waals surface area contributed by atoms with Crippen LogP contribution in [0.5, 0.6) is 0 Å². The molecular formula is C17H14FN3. The molecule has 0 bridgehead atoms. The average molecular weight is 279 g/mol. The van der Waals surface area contributed by atoms with Crippen LogP contribution in [0.3, 0.4) is 0 Å². The normalized spacial score (nSPS) is 10.5. The zero-order chi connectivity index (χ0) is 14.8. The van der Waals surface area contributed by atoms with Crippen molar-refractivity contribution < 1.29 is 4.39 Å². The molecule has 3 aromatic rings. The van der Waals surface area contributed by atoms with Crippen LogP contribution < -0.4 is 11.5 Å². The molecule has 0 radical (unpaired) electrons. The van der Waals surface area contributed by atoms with Gasteiger partial charge in [0.25, 0.3) is 0 Å². The molecule has 0 aliphatic carbocycles. The summed E-state index contributed by atoms with van der Waals surface area (Å²) < 4.78 is 14.4. The van der Waals surface area contributed by atoms with Crippen LogP contribution in [-0.2, 0) is 0 Å². The molecule has 3 rings (SSSR count). The second kappa shape index (κ2) is 5.25. The van der Waals surface area contributed by atoms with E-state index < -0.39 is 0 Å². The number of rotatable bonds is 2. The Kier molecular flexibility index (Phi) is 3.28. The Balaban J connectivity index is 2.08. The quantitative estimate of drug-likeness (QED) is 0.751. The minimum absolute atomic E-state index is 0.305. The number of nitrogens with zero attached hydrogens (tertiary/aromatic N) is 1. The van der Waals surface area contributed by atoms with Crippen LogP contribution in [0.15, 0.2) is 60.8 Å². The van der Waals surface area contributed by atoms with E-state index in [1.807, 2.05) is 36.4 Å². The van der Waals surface area contributed by atoms with Gasteiger partial charge >= 0.3 is 0 Å². The monoisotopic (exact) mass is 279 g/mol. The van der Waals surface area contributed by atoms with Crippen molar-refractivity contribution in [3.05, 3.63) is 66.6 Å². The van der Waals surface area contributed by atoms with Crippen LogP contribution in [-0.4, -0.2) is 4.98 Å². The van der Waals surface area contributed by atoms with E-state index in [-0.39, 0.29) is 5.82 Å². The number of hydrogen-bond donors (Lipinski definition) is 2. The number of aromatic nitrogens is 1. The first-order valence-corrected chi connectivity index (χ1v) is 6.51. The van der Waals surface area contributed by atoms with Gasteiger partial charge < -0.3 is 11.5 Å². The lowest BCUT2D eigenvalue weighted by atomic mass is 10.00. The molecule has 0 aliphatic rings. The number of anilines is 2. The zero-order valence-electron chi connectivity index (χ0n) is 11.3. The maximum Gasteiger partial charge on any atom is 0.131 e. The van der Waals surface area contributed by atoms with E-state index in [1.54, 1.807) is 12.1 Å². The summed E-state index contributed by atoms with van der Waals surface area (Å²) in [7, 11) is 0. The Morgan fingerprint density at radius 2 is 1.57 bits per heavy atom. The summed E-state index contributed by atoms with van der Waals surface area (Å²) in [4.78, 5) is 4.00. The van der Waals surface area contributed by atoms with Crippen molar-refractivity contribution in [3.8, 4) is 22.3 Å². The van der Waals surface area contributed by atoms with Crippen molar-refractivity contribution in [1.29, 1.82) is 0 Å². The highest BCUT2D eigenvalue weighted by Crippen LogP contribution is 2.30. The van der Waals surface area contributed by atoms with E-state index in [0.29, 0.717) is 28.2 Å². The van der Waals surface area contributed by atoms with E-state index in [4.69, 9.17) is 11.5 Å². The van der Waals surface area contributed by atoms with E-state index in [9.17, 15) is 4.39 Å². The number of nitrogens with two attached hydrogens (primary N) is 2. The summed E-state index contributed by atoms with van der Waals surface area (Å²) in [6.07, 6.45) is 1.48. The van der Waals surface area contributed by atoms with E-state index in [1.165, 1.54) is 12.3 Å². The topological polar surface area (TPSA) is 64.9 Å². The highest BCUT2D eigenvalue weighted by molar-refractivity contribution is 5.78. The largest absolute Gasteiger partial charge is 0.397 e. The van der Waals surface area contributed by atoms with E-state index >= 15 is 0 Å². The van der Waals surface area contributed by atoms with Gasteiger partial charge in [-0.2, -0.15) is 0 Å². The molecule has 0 aliphatic heterocycles. The van der Waals surface area contributed by atoms with Gasteiger partial charge in [-0.15, -0.1) is 0 Å². The molecule has 0 atom stereocenters. The third-order valence-corrected chi connectivity index (χ3v) is 3.30. The Hall–Kier alpha value is -2.88. The first kappa shape index (κ1) is 13.1. The fraction of sp³-hybridized carbons (Fsp3) is 0. The van der Waals surface area contributed by atoms with Gasteiger partial charge in [-0.3, -0.25) is 0 Å². The fourth-order valence-corrected chi connectivity index (χ4v) is 2.26. The summed E-state index contributed by atoms with van der Waals surface area (Å²) >= 11 is 0. The molecule has 1 heterocycles. The highest BCUT2D eigenvalue weighted by Gasteiger charge is 2.10. The summed E-state index contributed by atoms with van der Waals surface area (Å²) in [5.41, 5.74) is 14.7. The van der Waals surface area contributed by atoms with E-state index in [0.717, 1.165) is 5.56 Å². The van der Waals surface area contributed by atoms with Crippen LogP contribution in [0, 0.1) is 5.82 Å².